The van der Waals surface area contributed by atoms with Crippen LogP contribution in [0.2, 0.25) is 0 Å². The van der Waals surface area contributed by atoms with Crippen molar-refractivity contribution in [2.75, 3.05) is 5.73 Å². The fourth-order valence-corrected chi connectivity index (χ4v) is 1.13. The first-order valence-electron chi connectivity index (χ1n) is 2.66. The number of pyridine rings is 1. The first kappa shape index (κ1) is 7.93. The zero-order valence-electron chi connectivity index (χ0n) is 5.36. The van der Waals surface area contributed by atoms with Gasteiger partial charge < -0.3 is 5.73 Å². The highest BCUT2D eigenvalue weighted by Crippen LogP contribution is 2.17. The SMILES string of the molecule is Nc1ccncc1S(=O)(=O)F. The van der Waals surface area contributed by atoms with Gasteiger partial charge in [0.05, 0.1) is 11.9 Å². The Morgan fingerprint density at radius 1 is 1.55 bits per heavy atom. The Bertz CT molecular complexity index is 363. The lowest BCUT2D eigenvalue weighted by Crippen LogP contribution is -1.98. The van der Waals surface area contributed by atoms with Gasteiger partial charge in [-0.15, -0.1) is 3.89 Å². The van der Waals surface area contributed by atoms with Crippen molar-refractivity contribution in [2.45, 2.75) is 4.90 Å². The van der Waals surface area contributed by atoms with Crippen LogP contribution in [0.4, 0.5) is 9.57 Å². The van der Waals surface area contributed by atoms with Crippen LogP contribution in [0.15, 0.2) is 23.4 Å². The summed E-state index contributed by atoms with van der Waals surface area (Å²) < 4.78 is 32.8. The Morgan fingerprint density at radius 3 is 2.55 bits per heavy atom. The molecule has 0 saturated heterocycles. The van der Waals surface area contributed by atoms with Crippen molar-refractivity contribution in [1.29, 1.82) is 0 Å². The van der Waals surface area contributed by atoms with Crippen molar-refractivity contribution >= 4 is 15.9 Å². The molecule has 0 fully saturated rings. The quantitative estimate of drug-likeness (QED) is 0.625. The predicted octanol–water partition coefficient (Wildman–Crippen LogP) is 0.322. The van der Waals surface area contributed by atoms with E-state index in [2.05, 4.69) is 4.98 Å². The lowest BCUT2D eigenvalue weighted by atomic mass is 10.4. The van der Waals surface area contributed by atoms with Crippen LogP contribution >= 0.6 is 0 Å². The van der Waals surface area contributed by atoms with E-state index in [-0.39, 0.29) is 5.69 Å². The summed E-state index contributed by atoms with van der Waals surface area (Å²) in [5.74, 6) is 0. The summed E-state index contributed by atoms with van der Waals surface area (Å²) in [4.78, 5) is 2.83. The van der Waals surface area contributed by atoms with Crippen molar-refractivity contribution in [3.05, 3.63) is 18.5 Å². The van der Waals surface area contributed by atoms with Gasteiger partial charge in [0.15, 0.2) is 0 Å². The van der Waals surface area contributed by atoms with Gasteiger partial charge in [-0.25, -0.2) is 0 Å². The predicted molar refractivity (Wildman–Crippen MR) is 36.9 cm³/mol. The maximum absolute atomic E-state index is 12.2. The molecule has 2 N–H and O–H groups in total. The summed E-state index contributed by atoms with van der Waals surface area (Å²) in [6.07, 6.45) is 2.15. The average molecular weight is 176 g/mol. The minimum atomic E-state index is -4.72. The Labute approximate surface area is 63.1 Å². The third-order valence-electron chi connectivity index (χ3n) is 1.08. The molecule has 1 aromatic heterocycles. The van der Waals surface area contributed by atoms with Gasteiger partial charge >= 0.3 is 10.2 Å². The number of aromatic nitrogens is 1. The lowest BCUT2D eigenvalue weighted by molar-refractivity contribution is 0.552. The molecule has 0 aliphatic heterocycles. The number of hydrogen-bond acceptors (Lipinski definition) is 4. The van der Waals surface area contributed by atoms with E-state index in [0.29, 0.717) is 0 Å². The van der Waals surface area contributed by atoms with Gasteiger partial charge in [-0.3, -0.25) is 4.98 Å². The molecule has 0 unspecified atom stereocenters. The second kappa shape index (κ2) is 2.46. The molecule has 4 nitrogen and oxygen atoms in total. The van der Waals surface area contributed by atoms with E-state index < -0.39 is 15.1 Å². The fourth-order valence-electron chi connectivity index (χ4n) is 0.594. The number of nitrogens with two attached hydrogens (primary N) is 1. The molecule has 0 atom stereocenters. The molecule has 0 aromatic carbocycles. The number of rotatable bonds is 1. The minimum absolute atomic E-state index is 0.137. The lowest BCUT2D eigenvalue weighted by Gasteiger charge is -1.96. The van der Waals surface area contributed by atoms with E-state index in [0.717, 1.165) is 6.20 Å². The molecule has 60 valence electrons. The first-order valence-corrected chi connectivity index (χ1v) is 4.04. The van der Waals surface area contributed by atoms with Gasteiger partial charge in [0.2, 0.25) is 0 Å². The standard InChI is InChI=1S/C5H5FN2O2S/c6-11(9,10)5-3-8-2-1-4(5)7/h1-3H,(H2,7,8). The molecule has 0 aliphatic carbocycles. The Balaban J connectivity index is 3.37. The van der Waals surface area contributed by atoms with Gasteiger partial charge in [-0.1, -0.05) is 0 Å². The largest absolute Gasteiger partial charge is 0.397 e. The summed E-state index contributed by atoms with van der Waals surface area (Å²) in [7, 11) is -4.72. The molecule has 0 spiro atoms. The Kier molecular flexibility index (Phi) is 1.77. The van der Waals surface area contributed by atoms with Gasteiger partial charge in [0.25, 0.3) is 0 Å². The molecule has 0 radical (unpaired) electrons. The topological polar surface area (TPSA) is 73.0 Å². The first-order chi connectivity index (χ1) is 5.02. The highest BCUT2D eigenvalue weighted by atomic mass is 32.3. The highest BCUT2D eigenvalue weighted by Gasteiger charge is 2.14. The third kappa shape index (κ3) is 1.64. The average Bonchev–Trinajstić information content (AvgIpc) is 1.86. The van der Waals surface area contributed by atoms with Gasteiger partial charge in [0.1, 0.15) is 4.90 Å². The second-order valence-corrected chi connectivity index (χ2v) is 3.17. The van der Waals surface area contributed by atoms with E-state index in [4.69, 9.17) is 5.73 Å². The number of hydrogen-bond donors (Lipinski definition) is 1. The van der Waals surface area contributed by atoms with Crippen molar-refractivity contribution in [3.63, 3.8) is 0 Å². The van der Waals surface area contributed by atoms with Crippen LogP contribution in [0.25, 0.3) is 0 Å². The van der Waals surface area contributed by atoms with E-state index in [1.54, 1.807) is 0 Å². The molecule has 0 bridgehead atoms. The molecular formula is C5H5FN2O2S. The van der Waals surface area contributed by atoms with Crippen LogP contribution in [0, 0.1) is 0 Å². The summed E-state index contributed by atoms with van der Waals surface area (Å²) in [6, 6.07) is 1.21. The fraction of sp³-hybridized carbons (Fsp3) is 0. The molecule has 0 saturated carbocycles. The molecule has 1 rings (SSSR count). The highest BCUT2D eigenvalue weighted by molar-refractivity contribution is 7.86. The summed E-state index contributed by atoms with van der Waals surface area (Å²) in [5, 5.41) is 0. The molecular weight excluding hydrogens is 171 g/mol. The maximum Gasteiger partial charge on any atom is 0.335 e. The molecule has 1 heterocycles. The number of nitrogens with zero attached hydrogens (tertiary/aromatic N) is 1. The van der Waals surface area contributed by atoms with Crippen LogP contribution in [-0.2, 0) is 10.2 Å². The second-order valence-electron chi connectivity index (χ2n) is 1.85. The van der Waals surface area contributed by atoms with Crippen molar-refractivity contribution in [3.8, 4) is 0 Å². The van der Waals surface area contributed by atoms with E-state index >= 15 is 0 Å². The minimum Gasteiger partial charge on any atom is -0.397 e. The monoisotopic (exact) mass is 176 g/mol. The third-order valence-corrected chi connectivity index (χ3v) is 1.95. The van der Waals surface area contributed by atoms with Crippen molar-refractivity contribution in [1.82, 2.24) is 4.98 Å². The molecule has 1 aromatic rings. The molecule has 11 heavy (non-hydrogen) atoms. The normalized spacial score (nSPS) is 11.4. The molecule has 0 aliphatic rings. The molecule has 6 heteroatoms. The summed E-state index contributed by atoms with van der Waals surface area (Å²) in [5.41, 5.74) is 5.01. The van der Waals surface area contributed by atoms with Gasteiger partial charge in [-0.05, 0) is 6.07 Å². The molecule has 0 amide bonds. The van der Waals surface area contributed by atoms with Crippen LogP contribution in [0.3, 0.4) is 0 Å². The van der Waals surface area contributed by atoms with Crippen molar-refractivity contribution < 1.29 is 12.3 Å². The number of halogens is 1. The smallest absolute Gasteiger partial charge is 0.335 e. The van der Waals surface area contributed by atoms with E-state index in [1.807, 2.05) is 0 Å². The van der Waals surface area contributed by atoms with Crippen LogP contribution in [-0.4, -0.2) is 13.4 Å². The zero-order valence-corrected chi connectivity index (χ0v) is 6.18. The van der Waals surface area contributed by atoms with Crippen LogP contribution < -0.4 is 5.73 Å². The summed E-state index contributed by atoms with van der Waals surface area (Å²) in [6.45, 7) is 0. The van der Waals surface area contributed by atoms with Crippen LogP contribution in [0.5, 0.6) is 0 Å². The maximum atomic E-state index is 12.2. The Hall–Kier alpha value is -1.17. The van der Waals surface area contributed by atoms with Crippen LogP contribution in [0.1, 0.15) is 0 Å². The zero-order chi connectivity index (χ0) is 8.48. The van der Waals surface area contributed by atoms with Gasteiger partial charge in [-0.2, -0.15) is 8.42 Å². The number of nitrogen functional groups attached to an aromatic ring is 1. The van der Waals surface area contributed by atoms with E-state index in [9.17, 15) is 12.3 Å². The number of anilines is 1. The van der Waals surface area contributed by atoms with Crippen molar-refractivity contribution in [2.24, 2.45) is 0 Å². The van der Waals surface area contributed by atoms with Gasteiger partial charge in [0, 0.05) is 6.20 Å². The Morgan fingerprint density at radius 2 is 2.18 bits per heavy atom. The summed E-state index contributed by atoms with van der Waals surface area (Å²) >= 11 is 0. The van der Waals surface area contributed by atoms with E-state index in [1.165, 1.54) is 12.3 Å².